The van der Waals surface area contributed by atoms with E-state index >= 15 is 0 Å². The van der Waals surface area contributed by atoms with E-state index in [1.807, 2.05) is 22.8 Å². The van der Waals surface area contributed by atoms with Gasteiger partial charge < -0.3 is 10.3 Å². The molecule has 0 unspecified atom stereocenters. The van der Waals surface area contributed by atoms with Crippen LogP contribution in [-0.2, 0) is 17.1 Å². The summed E-state index contributed by atoms with van der Waals surface area (Å²) in [7, 11) is 0. The molecule has 0 saturated heterocycles. The summed E-state index contributed by atoms with van der Waals surface area (Å²) in [5, 5.41) is 11.4. The van der Waals surface area contributed by atoms with Crippen LogP contribution in [0.4, 0.5) is 0 Å². The fraction of sp³-hybridized carbons (Fsp3) is 0.353. The van der Waals surface area contributed by atoms with Gasteiger partial charge in [0.15, 0.2) is 5.16 Å². The molecule has 0 radical (unpaired) electrons. The fourth-order valence-corrected chi connectivity index (χ4v) is 5.40. The highest BCUT2D eigenvalue weighted by molar-refractivity contribution is 7.98. The van der Waals surface area contributed by atoms with Crippen LogP contribution in [0, 0.1) is 0 Å². The Labute approximate surface area is 158 Å². The number of rotatable bonds is 7. The summed E-state index contributed by atoms with van der Waals surface area (Å²) in [5.41, 5.74) is 5.31. The van der Waals surface area contributed by atoms with Crippen LogP contribution in [0.15, 0.2) is 29.4 Å². The van der Waals surface area contributed by atoms with E-state index in [0.717, 1.165) is 44.9 Å². The molecule has 0 bridgehead atoms. The van der Waals surface area contributed by atoms with Crippen LogP contribution in [0.25, 0.3) is 10.1 Å². The molecule has 1 aromatic carbocycles. The highest BCUT2D eigenvalue weighted by atomic mass is 35.5. The molecule has 5 nitrogen and oxygen atoms in total. The molecule has 1 fully saturated rings. The summed E-state index contributed by atoms with van der Waals surface area (Å²) >= 11 is 9.84. The van der Waals surface area contributed by atoms with Gasteiger partial charge in [0.25, 0.3) is 0 Å². The third-order valence-corrected chi connectivity index (χ3v) is 7.09. The number of aromatic nitrogens is 3. The zero-order chi connectivity index (χ0) is 17.4. The molecule has 2 heterocycles. The van der Waals surface area contributed by atoms with Gasteiger partial charge in [-0.1, -0.05) is 41.6 Å². The number of carbonyl (C=O) groups excluding carboxylic acids is 1. The first-order valence-corrected chi connectivity index (χ1v) is 10.3. The number of amides is 1. The lowest BCUT2D eigenvalue weighted by molar-refractivity contribution is -0.118. The molecule has 0 aliphatic heterocycles. The van der Waals surface area contributed by atoms with Crippen molar-refractivity contribution in [2.45, 2.75) is 42.6 Å². The van der Waals surface area contributed by atoms with E-state index in [4.69, 9.17) is 17.3 Å². The second-order valence-electron chi connectivity index (χ2n) is 6.11. The molecule has 1 amide bonds. The molecule has 25 heavy (non-hydrogen) atoms. The molecular weight excluding hydrogens is 376 g/mol. The summed E-state index contributed by atoms with van der Waals surface area (Å²) in [5.74, 6) is 1.88. The van der Waals surface area contributed by atoms with Gasteiger partial charge in [-0.2, -0.15) is 0 Å². The molecule has 130 valence electrons. The highest BCUT2D eigenvalue weighted by Gasteiger charge is 2.30. The minimum absolute atomic E-state index is 0.301. The van der Waals surface area contributed by atoms with Gasteiger partial charge in [-0.05, 0) is 18.9 Å². The number of fused-ring (bicyclic) bond motifs is 1. The van der Waals surface area contributed by atoms with Gasteiger partial charge in [-0.15, -0.1) is 21.5 Å². The molecule has 3 aromatic rings. The largest absolute Gasteiger partial charge is 0.370 e. The zero-order valence-electron chi connectivity index (χ0n) is 13.4. The van der Waals surface area contributed by atoms with E-state index < -0.39 is 0 Å². The van der Waals surface area contributed by atoms with Crippen LogP contribution in [0.3, 0.4) is 0 Å². The van der Waals surface area contributed by atoms with Crippen molar-refractivity contribution in [1.29, 1.82) is 0 Å². The van der Waals surface area contributed by atoms with Gasteiger partial charge >= 0.3 is 0 Å². The van der Waals surface area contributed by atoms with Crippen molar-refractivity contribution in [2.24, 2.45) is 5.73 Å². The third kappa shape index (κ3) is 3.54. The minimum atomic E-state index is -0.307. The van der Waals surface area contributed by atoms with Crippen molar-refractivity contribution in [3.63, 3.8) is 0 Å². The Bertz CT molecular complexity index is 932. The van der Waals surface area contributed by atoms with Gasteiger partial charge in [-0.3, -0.25) is 4.79 Å². The lowest BCUT2D eigenvalue weighted by atomic mass is 10.2. The second kappa shape index (κ2) is 6.97. The van der Waals surface area contributed by atoms with Gasteiger partial charge in [0.2, 0.25) is 5.91 Å². The SMILES string of the molecule is NC(=O)CCn1c(SCc2sc3ccccc3c2Cl)nnc1C1CC1. The average Bonchev–Trinajstić information content (AvgIpc) is 3.29. The number of primary amides is 1. The van der Waals surface area contributed by atoms with Crippen molar-refractivity contribution in [2.75, 3.05) is 0 Å². The number of nitrogens with zero attached hydrogens (tertiary/aromatic N) is 3. The maximum absolute atomic E-state index is 11.2. The fourth-order valence-electron chi connectivity index (χ4n) is 2.77. The molecule has 0 spiro atoms. The molecule has 2 N–H and O–H groups in total. The smallest absolute Gasteiger partial charge is 0.219 e. The van der Waals surface area contributed by atoms with Crippen LogP contribution >= 0.6 is 34.7 Å². The molecule has 1 aliphatic rings. The van der Waals surface area contributed by atoms with Crippen molar-refractivity contribution in [3.8, 4) is 0 Å². The Balaban J connectivity index is 1.55. The van der Waals surface area contributed by atoms with E-state index in [-0.39, 0.29) is 5.91 Å². The maximum Gasteiger partial charge on any atom is 0.219 e. The summed E-state index contributed by atoms with van der Waals surface area (Å²) < 4.78 is 3.24. The number of carbonyl (C=O) groups is 1. The van der Waals surface area contributed by atoms with E-state index in [0.29, 0.717) is 18.9 Å². The Morgan fingerprint density at radius 1 is 1.36 bits per heavy atom. The number of thioether (sulfide) groups is 1. The highest BCUT2D eigenvalue weighted by Crippen LogP contribution is 2.41. The number of nitrogens with two attached hydrogens (primary N) is 1. The second-order valence-corrected chi connectivity index (χ2v) is 8.56. The normalized spacial score (nSPS) is 14.3. The van der Waals surface area contributed by atoms with E-state index in [1.54, 1.807) is 23.1 Å². The number of hydrogen-bond acceptors (Lipinski definition) is 5. The van der Waals surface area contributed by atoms with Gasteiger partial charge in [-0.25, -0.2) is 0 Å². The quantitative estimate of drug-likeness (QED) is 0.612. The number of thiophene rings is 1. The predicted octanol–water partition coefficient (Wildman–Crippen LogP) is 4.19. The molecule has 2 aromatic heterocycles. The molecular formula is C17H17ClN4OS2. The lowest BCUT2D eigenvalue weighted by Crippen LogP contribution is -2.15. The summed E-state index contributed by atoms with van der Waals surface area (Å²) in [6.07, 6.45) is 2.58. The van der Waals surface area contributed by atoms with Crippen molar-refractivity contribution >= 4 is 50.7 Å². The van der Waals surface area contributed by atoms with Crippen molar-refractivity contribution in [1.82, 2.24) is 14.8 Å². The molecule has 4 rings (SSSR count). The number of benzene rings is 1. The minimum Gasteiger partial charge on any atom is -0.370 e. The van der Waals surface area contributed by atoms with Crippen LogP contribution in [-0.4, -0.2) is 20.7 Å². The number of hydrogen-bond donors (Lipinski definition) is 1. The van der Waals surface area contributed by atoms with Crippen molar-refractivity contribution in [3.05, 3.63) is 40.0 Å². The first kappa shape index (κ1) is 16.9. The standard InChI is InChI=1S/C17H17ClN4OS2/c18-15-11-3-1-2-4-12(11)25-13(15)9-24-17-21-20-16(10-5-6-10)22(17)8-7-14(19)23/h1-4,10H,5-9H2,(H2,19,23). The van der Waals surface area contributed by atoms with E-state index in [1.165, 1.54) is 4.70 Å². The zero-order valence-corrected chi connectivity index (χ0v) is 15.8. The third-order valence-electron chi connectivity index (χ3n) is 4.20. The molecule has 8 heteroatoms. The number of halogens is 1. The summed E-state index contributed by atoms with van der Waals surface area (Å²) in [6.45, 7) is 0.538. The van der Waals surface area contributed by atoms with E-state index in [9.17, 15) is 4.79 Å². The first-order valence-electron chi connectivity index (χ1n) is 8.13. The van der Waals surface area contributed by atoms with Gasteiger partial charge in [0, 0.05) is 39.6 Å². The summed E-state index contributed by atoms with van der Waals surface area (Å²) in [4.78, 5) is 12.3. The van der Waals surface area contributed by atoms with Gasteiger partial charge in [0.1, 0.15) is 5.82 Å². The Hall–Kier alpha value is -1.57. The molecule has 1 saturated carbocycles. The Morgan fingerprint density at radius 3 is 2.88 bits per heavy atom. The summed E-state index contributed by atoms with van der Waals surface area (Å²) in [6, 6.07) is 8.15. The Kier molecular flexibility index (Phi) is 4.71. The van der Waals surface area contributed by atoms with Crippen LogP contribution < -0.4 is 5.73 Å². The molecule has 1 aliphatic carbocycles. The monoisotopic (exact) mass is 392 g/mol. The predicted molar refractivity (Wildman–Crippen MR) is 102 cm³/mol. The lowest BCUT2D eigenvalue weighted by Gasteiger charge is -2.08. The topological polar surface area (TPSA) is 73.8 Å². The van der Waals surface area contributed by atoms with Gasteiger partial charge in [0.05, 0.1) is 5.02 Å². The van der Waals surface area contributed by atoms with E-state index in [2.05, 4.69) is 16.3 Å². The Morgan fingerprint density at radius 2 is 2.16 bits per heavy atom. The van der Waals surface area contributed by atoms with Crippen LogP contribution in [0.5, 0.6) is 0 Å². The van der Waals surface area contributed by atoms with Crippen molar-refractivity contribution < 1.29 is 4.79 Å². The van der Waals surface area contributed by atoms with Crippen LogP contribution in [0.1, 0.15) is 35.9 Å². The first-order chi connectivity index (χ1) is 12.1. The van der Waals surface area contributed by atoms with Crippen LogP contribution in [0.2, 0.25) is 5.02 Å². The molecule has 0 atom stereocenters. The maximum atomic E-state index is 11.2. The average molecular weight is 393 g/mol.